The van der Waals surface area contributed by atoms with Crippen LogP contribution in [0.2, 0.25) is 0 Å². The molecule has 3 amide bonds. The number of carbonyl (C=O) groups excluding carboxylic acids is 4. The Balaban J connectivity index is 1.29. The van der Waals surface area contributed by atoms with E-state index >= 15 is 0 Å². The smallest absolute Gasteiger partial charge is 0.408 e. The van der Waals surface area contributed by atoms with Crippen molar-refractivity contribution in [3.63, 3.8) is 0 Å². The maximum absolute atomic E-state index is 13.9. The number of amides is 3. The first-order valence-corrected chi connectivity index (χ1v) is 17.6. The Morgan fingerprint density at radius 3 is 2.53 bits per heavy atom. The number of alkyl carbamates (subject to hydrolysis) is 1. The monoisotopic (exact) mass is 711 g/mol. The highest BCUT2D eigenvalue weighted by Gasteiger charge is 2.37. The van der Waals surface area contributed by atoms with Crippen LogP contribution in [0, 0.1) is 11.8 Å². The third-order valence-electron chi connectivity index (χ3n) is 7.96. The molecular formula is C38H41N5O7S. The molecule has 0 bridgehead atoms. The first kappa shape index (κ1) is 36.7. The normalized spacial score (nSPS) is 14.8. The van der Waals surface area contributed by atoms with E-state index in [2.05, 4.69) is 27.6 Å². The van der Waals surface area contributed by atoms with Gasteiger partial charge in [-0.05, 0) is 112 Å². The number of likely N-dealkylation sites (tertiary alicyclic amines) is 1. The maximum Gasteiger partial charge on any atom is 0.408 e. The third kappa shape index (κ3) is 9.34. The van der Waals surface area contributed by atoms with E-state index in [9.17, 15) is 24.3 Å². The molecule has 2 aromatic heterocycles. The molecule has 0 radical (unpaired) electrons. The van der Waals surface area contributed by atoms with Gasteiger partial charge in [-0.2, -0.15) is 16.4 Å². The van der Waals surface area contributed by atoms with E-state index in [4.69, 9.17) is 9.47 Å². The minimum absolute atomic E-state index is 0.0515. The molecule has 0 unspecified atom stereocenters. The summed E-state index contributed by atoms with van der Waals surface area (Å²) in [7, 11) is 1.74. The Kier molecular flexibility index (Phi) is 11.5. The Morgan fingerprint density at radius 1 is 1.08 bits per heavy atom. The number of nitrogens with zero attached hydrogens (tertiary/aromatic N) is 3. The summed E-state index contributed by atoms with van der Waals surface area (Å²) in [5.74, 6) is 4.94. The Bertz CT molecular complexity index is 1950. The van der Waals surface area contributed by atoms with E-state index < -0.39 is 29.7 Å². The average molecular weight is 712 g/mol. The van der Waals surface area contributed by atoms with Crippen molar-refractivity contribution in [2.75, 3.05) is 18.5 Å². The van der Waals surface area contributed by atoms with Crippen LogP contribution in [-0.4, -0.2) is 68.5 Å². The van der Waals surface area contributed by atoms with Crippen molar-refractivity contribution >= 4 is 40.9 Å². The highest BCUT2D eigenvalue weighted by Crippen LogP contribution is 2.32. The largest absolute Gasteiger partial charge is 0.507 e. The molecule has 0 aliphatic carbocycles. The number of aryl methyl sites for hydroxylation is 1. The molecule has 0 spiro atoms. The van der Waals surface area contributed by atoms with Gasteiger partial charge in [0.1, 0.15) is 29.1 Å². The predicted octanol–water partition coefficient (Wildman–Crippen LogP) is 6.02. The van der Waals surface area contributed by atoms with Crippen molar-refractivity contribution in [2.24, 2.45) is 7.05 Å². The van der Waals surface area contributed by atoms with Crippen LogP contribution in [-0.2, 0) is 26.1 Å². The number of anilines is 1. The van der Waals surface area contributed by atoms with Crippen LogP contribution in [0.5, 0.6) is 5.75 Å². The first-order chi connectivity index (χ1) is 24.3. The van der Waals surface area contributed by atoms with Crippen LogP contribution >= 0.6 is 11.3 Å². The van der Waals surface area contributed by atoms with Crippen LogP contribution in [0.3, 0.4) is 0 Å². The fourth-order valence-electron chi connectivity index (χ4n) is 5.63. The highest BCUT2D eigenvalue weighted by atomic mass is 32.1. The zero-order chi connectivity index (χ0) is 36.7. The summed E-state index contributed by atoms with van der Waals surface area (Å²) in [6.45, 7) is 7.57. The number of phenols is 1. The lowest BCUT2D eigenvalue weighted by molar-refractivity contribution is -0.142. The van der Waals surface area contributed by atoms with Crippen molar-refractivity contribution in [1.29, 1.82) is 0 Å². The summed E-state index contributed by atoms with van der Waals surface area (Å²) in [6, 6.07) is 11.5. The van der Waals surface area contributed by atoms with Gasteiger partial charge >= 0.3 is 12.1 Å². The van der Waals surface area contributed by atoms with E-state index in [1.165, 1.54) is 29.5 Å². The van der Waals surface area contributed by atoms with E-state index in [0.717, 1.165) is 12.8 Å². The Hall–Kier alpha value is -5.61. The minimum atomic E-state index is -0.997. The number of aromatic hydroxyl groups is 1. The number of aromatic nitrogens is 2. The molecule has 1 aliphatic rings. The van der Waals surface area contributed by atoms with Crippen molar-refractivity contribution in [2.45, 2.75) is 64.6 Å². The Morgan fingerprint density at radius 2 is 1.84 bits per heavy atom. The minimum Gasteiger partial charge on any atom is -0.507 e. The number of piperidine rings is 1. The van der Waals surface area contributed by atoms with Gasteiger partial charge in [-0.15, -0.1) is 0 Å². The van der Waals surface area contributed by atoms with Crippen LogP contribution in [0.4, 0.5) is 10.5 Å². The second-order valence-electron chi connectivity index (χ2n) is 13.0. The van der Waals surface area contributed by atoms with Crippen LogP contribution in [0.1, 0.15) is 80.0 Å². The zero-order valence-electron chi connectivity index (χ0n) is 29.2. The molecule has 1 fully saturated rings. The van der Waals surface area contributed by atoms with Crippen LogP contribution in [0.15, 0.2) is 65.5 Å². The van der Waals surface area contributed by atoms with E-state index in [-0.39, 0.29) is 29.7 Å². The number of hydrogen-bond acceptors (Lipinski definition) is 9. The van der Waals surface area contributed by atoms with Gasteiger partial charge in [0.05, 0.1) is 17.7 Å². The molecule has 13 heteroatoms. The molecule has 2 atom stereocenters. The lowest BCUT2D eigenvalue weighted by Crippen LogP contribution is -2.53. The number of benzene rings is 2. The van der Waals surface area contributed by atoms with Gasteiger partial charge in [-0.3, -0.25) is 14.3 Å². The van der Waals surface area contributed by atoms with Gasteiger partial charge in [-0.1, -0.05) is 11.8 Å². The highest BCUT2D eigenvalue weighted by molar-refractivity contribution is 7.08. The van der Waals surface area contributed by atoms with Gasteiger partial charge in [-0.25, -0.2) is 9.59 Å². The second-order valence-corrected chi connectivity index (χ2v) is 13.8. The fourth-order valence-corrected chi connectivity index (χ4v) is 6.32. The number of phenolic OH excluding ortho intramolecular Hbond substituents is 1. The van der Waals surface area contributed by atoms with Gasteiger partial charge in [0.15, 0.2) is 0 Å². The lowest BCUT2D eigenvalue weighted by atomic mass is 9.98. The lowest BCUT2D eigenvalue weighted by Gasteiger charge is -2.37. The number of hydrogen-bond donors (Lipinski definition) is 3. The molecule has 51 heavy (non-hydrogen) atoms. The van der Waals surface area contributed by atoms with Crippen LogP contribution in [0.25, 0.3) is 11.3 Å². The number of esters is 1. The van der Waals surface area contributed by atoms with E-state index in [1.807, 2.05) is 5.38 Å². The summed E-state index contributed by atoms with van der Waals surface area (Å²) < 4.78 is 12.1. The molecule has 266 valence electrons. The van der Waals surface area contributed by atoms with Gasteiger partial charge in [0, 0.05) is 36.6 Å². The van der Waals surface area contributed by atoms with E-state index in [0.29, 0.717) is 46.6 Å². The van der Waals surface area contributed by atoms with Gasteiger partial charge in [0.2, 0.25) is 5.91 Å². The quantitative estimate of drug-likeness (QED) is 0.148. The number of rotatable bonds is 8. The van der Waals surface area contributed by atoms with Crippen LogP contribution < -0.4 is 10.6 Å². The topological polar surface area (TPSA) is 152 Å². The number of carbonyl (C=O) groups is 4. The summed E-state index contributed by atoms with van der Waals surface area (Å²) in [6.07, 6.45) is 3.00. The van der Waals surface area contributed by atoms with Crippen molar-refractivity contribution < 1.29 is 33.8 Å². The summed E-state index contributed by atoms with van der Waals surface area (Å²) in [4.78, 5) is 54.1. The molecule has 2 aromatic carbocycles. The molecule has 4 aromatic rings. The first-order valence-electron chi connectivity index (χ1n) is 16.6. The molecule has 3 N–H and O–H groups in total. The number of ether oxygens (including phenoxy) is 2. The number of thiophene rings is 1. The predicted molar refractivity (Wildman–Crippen MR) is 193 cm³/mol. The zero-order valence-corrected chi connectivity index (χ0v) is 30.0. The van der Waals surface area contributed by atoms with Crippen molar-refractivity contribution in [3.8, 4) is 28.8 Å². The number of nitrogens with one attached hydrogen (secondary N) is 2. The Labute approximate surface area is 300 Å². The van der Waals surface area contributed by atoms with Crippen molar-refractivity contribution in [1.82, 2.24) is 20.0 Å². The summed E-state index contributed by atoms with van der Waals surface area (Å²) in [5.41, 5.74) is 2.65. The molecular weight excluding hydrogens is 671 g/mol. The molecule has 1 saturated heterocycles. The SMILES string of the molecule is CCOC(=O)c1ccc(O)c(-c2nn(C)cc2C#Cc2ccc(NC(=O)[C@@H]3CCCCN3C(=O)[C@H](NC(=O)OC(C)(C)C)c3ccsc3)cc2)c1. The molecule has 12 nitrogen and oxygen atoms in total. The molecule has 1 aliphatic heterocycles. The molecule has 0 saturated carbocycles. The standard InChI is InChI=1S/C38H41N5O7S/c1-6-49-36(47)25-14-17-31(44)29(21-25)32-26(22-42(5)41-32)13-10-24-11-15-28(16-12-24)39-34(45)30-9-7-8-19-43(30)35(46)33(27-18-20-51-23-27)40-37(48)50-38(2,3)4/h11-12,14-18,20-23,30,33,44H,6-9,19H2,1-5H3,(H,39,45)(H,40,48)/t30-,33+/m0/s1. The van der Waals surface area contributed by atoms with Gasteiger partial charge in [0.25, 0.3) is 5.91 Å². The second kappa shape index (κ2) is 15.9. The van der Waals surface area contributed by atoms with Gasteiger partial charge < -0.3 is 30.1 Å². The van der Waals surface area contributed by atoms with E-state index in [1.54, 1.807) is 86.2 Å². The maximum atomic E-state index is 13.9. The average Bonchev–Trinajstić information content (AvgIpc) is 3.76. The fraction of sp³-hybridized carbons (Fsp3) is 0.342. The summed E-state index contributed by atoms with van der Waals surface area (Å²) in [5, 5.41) is 24.3. The third-order valence-corrected chi connectivity index (χ3v) is 8.66. The summed E-state index contributed by atoms with van der Waals surface area (Å²) >= 11 is 1.41. The molecule has 3 heterocycles. The molecule has 5 rings (SSSR count). The van der Waals surface area contributed by atoms with Crippen molar-refractivity contribution in [3.05, 3.63) is 87.7 Å².